The molecule has 0 aliphatic rings. The van der Waals surface area contributed by atoms with Crippen molar-refractivity contribution in [2.24, 2.45) is 5.92 Å². The number of ether oxygens (including phenoxy) is 2. The van der Waals surface area contributed by atoms with Gasteiger partial charge in [-0.3, -0.25) is 19.4 Å². The second-order valence-corrected chi connectivity index (χ2v) is 11.6. The van der Waals surface area contributed by atoms with E-state index in [0.29, 0.717) is 45.7 Å². The van der Waals surface area contributed by atoms with Crippen LogP contribution in [0, 0.1) is 5.92 Å². The molecule has 10 nitrogen and oxygen atoms in total. The number of allylic oxidation sites excluding steroid dienone is 2. The van der Waals surface area contributed by atoms with Crippen molar-refractivity contribution in [3.05, 3.63) is 12.2 Å². The molecule has 1 atom stereocenters. The van der Waals surface area contributed by atoms with Crippen molar-refractivity contribution in [2.45, 2.75) is 110 Å². The fourth-order valence-corrected chi connectivity index (χ4v) is 5.10. The number of aliphatic hydroxyl groups is 4. The van der Waals surface area contributed by atoms with Crippen molar-refractivity contribution in [1.29, 1.82) is 0 Å². The SMILES string of the molecule is CCCCCCCCCCCCCCC/C=C/CC(CC(=O)OCCN(CCO)CCO)C(=O)OCCN(CCO)CCO. The molecule has 1 unspecified atom stereocenters. The lowest BCUT2D eigenvalue weighted by atomic mass is 10.0. The van der Waals surface area contributed by atoms with E-state index in [1.54, 1.807) is 9.80 Å². The largest absolute Gasteiger partial charge is 0.464 e. The fraction of sp³-hybridized carbons (Fsp3) is 0.882. The van der Waals surface area contributed by atoms with E-state index < -0.39 is 17.9 Å². The Labute approximate surface area is 267 Å². The normalized spacial score (nSPS) is 12.4. The Morgan fingerprint density at radius 3 is 1.48 bits per heavy atom. The molecule has 0 rings (SSSR count). The monoisotopic (exact) mass is 630 g/mol. The van der Waals surface area contributed by atoms with Crippen LogP contribution >= 0.6 is 0 Å². The molecule has 0 radical (unpaired) electrons. The summed E-state index contributed by atoms with van der Waals surface area (Å²) in [6.07, 6.45) is 22.3. The maximum absolute atomic E-state index is 12.9. The van der Waals surface area contributed by atoms with Crippen LogP contribution in [0.15, 0.2) is 12.2 Å². The summed E-state index contributed by atoms with van der Waals surface area (Å²) in [7, 11) is 0. The number of carbonyl (C=O) groups excluding carboxylic acids is 2. The highest BCUT2D eigenvalue weighted by atomic mass is 16.5. The zero-order valence-electron chi connectivity index (χ0n) is 27.8. The predicted molar refractivity (Wildman–Crippen MR) is 175 cm³/mol. The van der Waals surface area contributed by atoms with Gasteiger partial charge in [0.2, 0.25) is 0 Å². The Morgan fingerprint density at radius 1 is 0.591 bits per heavy atom. The molecule has 260 valence electrons. The van der Waals surface area contributed by atoms with Gasteiger partial charge in [-0.25, -0.2) is 0 Å². The van der Waals surface area contributed by atoms with Gasteiger partial charge < -0.3 is 29.9 Å². The second-order valence-electron chi connectivity index (χ2n) is 11.6. The Hall–Kier alpha value is -1.56. The van der Waals surface area contributed by atoms with Crippen LogP contribution in [-0.4, -0.2) is 121 Å². The number of carbonyl (C=O) groups is 2. The van der Waals surface area contributed by atoms with E-state index in [9.17, 15) is 19.8 Å². The summed E-state index contributed by atoms with van der Waals surface area (Å²) in [4.78, 5) is 29.0. The lowest BCUT2D eigenvalue weighted by Crippen LogP contribution is -2.34. The highest BCUT2D eigenvalue weighted by Gasteiger charge is 2.23. The minimum absolute atomic E-state index is 0.0540. The molecule has 0 saturated carbocycles. The molecule has 0 heterocycles. The molecule has 0 bridgehead atoms. The van der Waals surface area contributed by atoms with Gasteiger partial charge in [-0.05, 0) is 19.3 Å². The van der Waals surface area contributed by atoms with Crippen molar-refractivity contribution >= 4 is 11.9 Å². The van der Waals surface area contributed by atoms with E-state index in [2.05, 4.69) is 13.0 Å². The number of aliphatic hydroxyl groups excluding tert-OH is 4. The van der Waals surface area contributed by atoms with Gasteiger partial charge >= 0.3 is 11.9 Å². The van der Waals surface area contributed by atoms with E-state index in [0.717, 1.165) is 12.8 Å². The number of hydrogen-bond acceptors (Lipinski definition) is 10. The van der Waals surface area contributed by atoms with Crippen LogP contribution in [0.25, 0.3) is 0 Å². The lowest BCUT2D eigenvalue weighted by molar-refractivity contribution is -0.155. The van der Waals surface area contributed by atoms with Crippen molar-refractivity contribution in [1.82, 2.24) is 9.80 Å². The van der Waals surface area contributed by atoms with Crippen LogP contribution in [0.2, 0.25) is 0 Å². The van der Waals surface area contributed by atoms with Crippen molar-refractivity contribution < 1.29 is 39.5 Å². The predicted octanol–water partition coefficient (Wildman–Crippen LogP) is 4.08. The molecule has 4 N–H and O–H groups in total. The smallest absolute Gasteiger partial charge is 0.309 e. The van der Waals surface area contributed by atoms with E-state index in [4.69, 9.17) is 19.7 Å². The first-order valence-electron chi connectivity index (χ1n) is 17.4. The van der Waals surface area contributed by atoms with E-state index in [1.807, 2.05) is 6.08 Å². The maximum Gasteiger partial charge on any atom is 0.309 e. The Kier molecular flexibility index (Phi) is 31.7. The lowest BCUT2D eigenvalue weighted by Gasteiger charge is -2.21. The molecule has 10 heteroatoms. The number of esters is 2. The molecule has 0 spiro atoms. The third-order valence-corrected chi connectivity index (χ3v) is 7.80. The third kappa shape index (κ3) is 26.8. The highest BCUT2D eigenvalue weighted by Crippen LogP contribution is 2.16. The first kappa shape index (κ1) is 42.4. The van der Waals surface area contributed by atoms with Gasteiger partial charge in [0.25, 0.3) is 0 Å². The number of hydrogen-bond donors (Lipinski definition) is 4. The van der Waals surface area contributed by atoms with Crippen LogP contribution in [0.5, 0.6) is 0 Å². The summed E-state index contributed by atoms with van der Waals surface area (Å²) in [5, 5.41) is 36.6. The average Bonchev–Trinajstić information content (AvgIpc) is 3.00. The minimum atomic E-state index is -0.666. The van der Waals surface area contributed by atoms with Gasteiger partial charge in [-0.1, -0.05) is 96.1 Å². The average molecular weight is 631 g/mol. The number of rotatable bonds is 33. The molecule has 0 aromatic carbocycles. The van der Waals surface area contributed by atoms with Gasteiger partial charge in [-0.15, -0.1) is 0 Å². The first-order chi connectivity index (χ1) is 21.5. The molecular formula is C34H66N2O8. The molecule has 0 aromatic heterocycles. The molecule has 0 amide bonds. The number of nitrogens with zero attached hydrogens (tertiary/aromatic N) is 2. The van der Waals surface area contributed by atoms with E-state index in [1.165, 1.54) is 77.0 Å². The van der Waals surface area contributed by atoms with Crippen LogP contribution < -0.4 is 0 Å². The summed E-state index contributed by atoms with van der Waals surface area (Å²) in [6, 6.07) is 0. The van der Waals surface area contributed by atoms with Gasteiger partial charge in [0.05, 0.1) is 38.8 Å². The van der Waals surface area contributed by atoms with Crippen molar-refractivity contribution in [3.63, 3.8) is 0 Å². The van der Waals surface area contributed by atoms with Crippen LogP contribution in [0.4, 0.5) is 0 Å². The molecular weight excluding hydrogens is 564 g/mol. The Balaban J connectivity index is 4.49. The standard InChI is InChI=1S/C34H66N2O8/c1-2-3-4-5-6-7-8-9-10-11-12-13-14-15-16-17-18-32(34(42)44-30-24-36(21-27-39)22-28-40)31-33(41)43-29-23-35(19-25-37)20-26-38/h16-17,32,37-40H,2-15,18-31H2,1H3/b17-16+. The van der Waals surface area contributed by atoms with Gasteiger partial charge in [-0.2, -0.15) is 0 Å². The summed E-state index contributed by atoms with van der Waals surface area (Å²) >= 11 is 0. The summed E-state index contributed by atoms with van der Waals surface area (Å²) in [6.45, 7) is 4.51. The Morgan fingerprint density at radius 2 is 1.02 bits per heavy atom. The van der Waals surface area contributed by atoms with Crippen LogP contribution in [0.3, 0.4) is 0 Å². The van der Waals surface area contributed by atoms with E-state index >= 15 is 0 Å². The molecule has 0 aliphatic carbocycles. The molecule has 0 saturated heterocycles. The fourth-order valence-electron chi connectivity index (χ4n) is 5.10. The number of unbranched alkanes of at least 4 members (excludes halogenated alkanes) is 13. The molecule has 0 aliphatic heterocycles. The summed E-state index contributed by atoms with van der Waals surface area (Å²) < 4.78 is 10.8. The van der Waals surface area contributed by atoms with Gasteiger partial charge in [0.1, 0.15) is 13.2 Å². The summed E-state index contributed by atoms with van der Waals surface area (Å²) in [5.74, 6) is -1.63. The van der Waals surface area contributed by atoms with E-state index in [-0.39, 0.29) is 46.1 Å². The van der Waals surface area contributed by atoms with Crippen LogP contribution in [-0.2, 0) is 19.1 Å². The third-order valence-electron chi connectivity index (χ3n) is 7.80. The highest BCUT2D eigenvalue weighted by molar-refractivity contribution is 5.80. The van der Waals surface area contributed by atoms with Crippen molar-refractivity contribution in [2.75, 3.05) is 78.9 Å². The molecule has 0 fully saturated rings. The minimum Gasteiger partial charge on any atom is -0.464 e. The van der Waals surface area contributed by atoms with Crippen LogP contribution in [0.1, 0.15) is 110 Å². The van der Waals surface area contributed by atoms with Crippen molar-refractivity contribution in [3.8, 4) is 0 Å². The maximum atomic E-state index is 12.9. The molecule has 0 aromatic rings. The molecule has 44 heavy (non-hydrogen) atoms. The zero-order valence-corrected chi connectivity index (χ0v) is 27.8. The van der Waals surface area contributed by atoms with Gasteiger partial charge in [0.15, 0.2) is 0 Å². The van der Waals surface area contributed by atoms with Gasteiger partial charge in [0, 0.05) is 39.3 Å². The summed E-state index contributed by atoms with van der Waals surface area (Å²) in [5.41, 5.74) is 0. The first-order valence-corrected chi connectivity index (χ1v) is 17.4. The second kappa shape index (κ2) is 32.8. The topological polar surface area (TPSA) is 140 Å². The Bertz CT molecular complexity index is 668. The zero-order chi connectivity index (χ0) is 32.5. The quantitative estimate of drug-likeness (QED) is 0.0476.